The van der Waals surface area contributed by atoms with E-state index in [0.717, 1.165) is 45.2 Å². The first kappa shape index (κ1) is 13.4. The van der Waals surface area contributed by atoms with Crippen LogP contribution in [0.4, 0.5) is 0 Å². The molecule has 1 amide bonds. The van der Waals surface area contributed by atoms with Crippen LogP contribution in [0.3, 0.4) is 0 Å². The quantitative estimate of drug-likeness (QED) is 0.763. The van der Waals surface area contributed by atoms with Gasteiger partial charge in [-0.2, -0.15) is 5.26 Å². The van der Waals surface area contributed by atoms with Gasteiger partial charge in [0.2, 0.25) is 5.91 Å². The second-order valence-electron chi connectivity index (χ2n) is 5.86. The fraction of sp³-hybridized carbons (Fsp3) is 0.857. The summed E-state index contributed by atoms with van der Waals surface area (Å²) in [5.74, 6) is 0.0443. The summed E-state index contributed by atoms with van der Waals surface area (Å²) in [6, 6.07) is 2.76. The number of nitriles is 1. The number of nitrogens with zero attached hydrogens (tertiary/aromatic N) is 3. The zero-order valence-electron chi connectivity index (χ0n) is 11.5. The first-order valence-electron chi connectivity index (χ1n) is 6.96. The highest BCUT2D eigenvalue weighted by atomic mass is 16.2. The van der Waals surface area contributed by atoms with E-state index in [1.165, 1.54) is 6.42 Å². The number of likely N-dealkylation sites (tertiary alicyclic amines) is 1. The van der Waals surface area contributed by atoms with Crippen LogP contribution in [0.25, 0.3) is 0 Å². The molecule has 1 aliphatic heterocycles. The van der Waals surface area contributed by atoms with Crippen LogP contribution >= 0.6 is 0 Å². The fourth-order valence-corrected chi connectivity index (χ4v) is 3.33. The average molecular weight is 249 g/mol. The highest BCUT2D eigenvalue weighted by Crippen LogP contribution is 2.39. The number of likely N-dealkylation sites (N-methyl/N-ethyl adjacent to an activating group) is 2. The van der Waals surface area contributed by atoms with Crippen LogP contribution in [0.5, 0.6) is 0 Å². The highest BCUT2D eigenvalue weighted by molar-refractivity contribution is 5.85. The van der Waals surface area contributed by atoms with Crippen molar-refractivity contribution in [1.29, 1.82) is 5.26 Å². The summed E-state index contributed by atoms with van der Waals surface area (Å²) in [4.78, 5) is 16.6. The molecule has 1 unspecified atom stereocenters. The van der Waals surface area contributed by atoms with Crippen molar-refractivity contribution in [2.24, 2.45) is 5.41 Å². The van der Waals surface area contributed by atoms with Crippen LogP contribution in [0.2, 0.25) is 0 Å². The predicted octanol–water partition coefficient (Wildman–Crippen LogP) is 1.62. The monoisotopic (exact) mass is 249 g/mol. The lowest BCUT2D eigenvalue weighted by Crippen LogP contribution is -2.45. The predicted molar refractivity (Wildman–Crippen MR) is 69.8 cm³/mol. The lowest BCUT2D eigenvalue weighted by molar-refractivity contribution is -0.138. The molecule has 100 valence electrons. The molecule has 2 fully saturated rings. The first-order chi connectivity index (χ1) is 8.59. The number of carbonyl (C=O) groups excluding carboxylic acids is 1. The summed E-state index contributed by atoms with van der Waals surface area (Å²) in [7, 11) is 3.97. The maximum Gasteiger partial charge on any atom is 0.242 e. The smallest absolute Gasteiger partial charge is 0.242 e. The van der Waals surface area contributed by atoms with E-state index in [1.807, 2.05) is 7.05 Å². The molecule has 1 saturated heterocycles. The van der Waals surface area contributed by atoms with Crippen molar-refractivity contribution in [3.8, 4) is 6.07 Å². The van der Waals surface area contributed by atoms with Crippen molar-refractivity contribution in [2.45, 2.75) is 44.6 Å². The zero-order valence-corrected chi connectivity index (χ0v) is 11.5. The molecule has 0 aromatic heterocycles. The SMILES string of the molecule is CN(CC1CCCN1C)C(=O)C1(C#N)CCCC1. The van der Waals surface area contributed by atoms with E-state index < -0.39 is 5.41 Å². The molecule has 4 nitrogen and oxygen atoms in total. The maximum absolute atomic E-state index is 12.5. The molecule has 1 aliphatic carbocycles. The van der Waals surface area contributed by atoms with Crippen LogP contribution in [0.15, 0.2) is 0 Å². The fourth-order valence-electron chi connectivity index (χ4n) is 3.33. The van der Waals surface area contributed by atoms with Gasteiger partial charge < -0.3 is 9.80 Å². The normalized spacial score (nSPS) is 27.1. The van der Waals surface area contributed by atoms with Crippen LogP contribution < -0.4 is 0 Å². The van der Waals surface area contributed by atoms with E-state index in [1.54, 1.807) is 4.90 Å². The van der Waals surface area contributed by atoms with Gasteiger partial charge in [-0.25, -0.2) is 0 Å². The molecule has 18 heavy (non-hydrogen) atoms. The summed E-state index contributed by atoms with van der Waals surface area (Å²) < 4.78 is 0. The Morgan fingerprint density at radius 2 is 2.11 bits per heavy atom. The van der Waals surface area contributed by atoms with Crippen LogP contribution in [0, 0.1) is 16.7 Å². The van der Waals surface area contributed by atoms with Crippen LogP contribution in [-0.4, -0.2) is 48.9 Å². The second kappa shape index (κ2) is 5.27. The number of rotatable bonds is 3. The van der Waals surface area contributed by atoms with Crippen molar-refractivity contribution >= 4 is 5.91 Å². The minimum Gasteiger partial charge on any atom is -0.343 e. The van der Waals surface area contributed by atoms with Crippen LogP contribution in [-0.2, 0) is 4.79 Å². The second-order valence-corrected chi connectivity index (χ2v) is 5.86. The number of hydrogen-bond donors (Lipinski definition) is 0. The Kier molecular flexibility index (Phi) is 3.91. The third-order valence-electron chi connectivity index (χ3n) is 4.58. The Morgan fingerprint density at radius 1 is 1.44 bits per heavy atom. The summed E-state index contributed by atoms with van der Waals surface area (Å²) in [5.41, 5.74) is -0.716. The van der Waals surface area contributed by atoms with Crippen LogP contribution in [0.1, 0.15) is 38.5 Å². The molecular formula is C14H23N3O. The third-order valence-corrected chi connectivity index (χ3v) is 4.58. The lowest BCUT2D eigenvalue weighted by Gasteiger charge is -2.30. The van der Waals surface area contributed by atoms with E-state index in [4.69, 9.17) is 0 Å². The van der Waals surface area contributed by atoms with Crippen molar-refractivity contribution in [3.63, 3.8) is 0 Å². The molecule has 2 aliphatic rings. The minimum absolute atomic E-state index is 0.0443. The number of carbonyl (C=O) groups is 1. The van der Waals surface area contributed by atoms with Gasteiger partial charge in [0.25, 0.3) is 0 Å². The van der Waals surface area contributed by atoms with Crippen molar-refractivity contribution in [3.05, 3.63) is 0 Å². The topological polar surface area (TPSA) is 47.3 Å². The molecule has 0 spiro atoms. The highest BCUT2D eigenvalue weighted by Gasteiger charge is 2.43. The maximum atomic E-state index is 12.5. The van der Waals surface area contributed by atoms with Gasteiger partial charge >= 0.3 is 0 Å². The van der Waals surface area contributed by atoms with E-state index in [-0.39, 0.29) is 5.91 Å². The minimum atomic E-state index is -0.716. The molecule has 0 aromatic rings. The van der Waals surface area contributed by atoms with Gasteiger partial charge in [-0.05, 0) is 39.3 Å². The Morgan fingerprint density at radius 3 is 2.61 bits per heavy atom. The van der Waals surface area contributed by atoms with Crippen molar-refractivity contribution in [2.75, 3.05) is 27.2 Å². The summed E-state index contributed by atoms with van der Waals surface area (Å²) in [6.45, 7) is 1.88. The molecule has 0 bridgehead atoms. The van der Waals surface area contributed by atoms with Gasteiger partial charge in [-0.3, -0.25) is 4.79 Å². The molecule has 4 heteroatoms. The van der Waals surface area contributed by atoms with Gasteiger partial charge in [0.1, 0.15) is 5.41 Å². The van der Waals surface area contributed by atoms with Gasteiger partial charge in [0.15, 0.2) is 0 Å². The van der Waals surface area contributed by atoms with Gasteiger partial charge in [0, 0.05) is 19.6 Å². The molecule has 0 N–H and O–H groups in total. The largest absolute Gasteiger partial charge is 0.343 e. The molecule has 0 aromatic carbocycles. The third kappa shape index (κ3) is 2.37. The number of amides is 1. The molecule has 1 heterocycles. The van der Waals surface area contributed by atoms with E-state index in [2.05, 4.69) is 18.0 Å². The van der Waals surface area contributed by atoms with Crippen molar-refractivity contribution < 1.29 is 4.79 Å². The molecule has 1 atom stereocenters. The van der Waals surface area contributed by atoms with Gasteiger partial charge in [-0.15, -0.1) is 0 Å². The van der Waals surface area contributed by atoms with E-state index in [0.29, 0.717) is 6.04 Å². The average Bonchev–Trinajstić information content (AvgIpc) is 2.99. The van der Waals surface area contributed by atoms with E-state index >= 15 is 0 Å². The van der Waals surface area contributed by atoms with E-state index in [9.17, 15) is 10.1 Å². The molecule has 1 saturated carbocycles. The lowest BCUT2D eigenvalue weighted by atomic mass is 9.86. The van der Waals surface area contributed by atoms with Gasteiger partial charge in [-0.1, -0.05) is 12.8 Å². The molecular weight excluding hydrogens is 226 g/mol. The first-order valence-corrected chi connectivity index (χ1v) is 6.96. The summed E-state index contributed by atoms with van der Waals surface area (Å²) in [5, 5.41) is 9.34. The summed E-state index contributed by atoms with van der Waals surface area (Å²) in [6.07, 6.45) is 5.88. The summed E-state index contributed by atoms with van der Waals surface area (Å²) >= 11 is 0. The Labute approximate surface area is 110 Å². The molecule has 0 radical (unpaired) electrons. The number of hydrogen-bond acceptors (Lipinski definition) is 3. The zero-order chi connectivity index (χ0) is 13.2. The standard InChI is InChI=1S/C14H23N3O/c1-16-9-5-6-12(16)10-17(2)13(18)14(11-15)7-3-4-8-14/h12H,3-10H2,1-2H3. The Hall–Kier alpha value is -1.08. The van der Waals surface area contributed by atoms with Crippen molar-refractivity contribution in [1.82, 2.24) is 9.80 Å². The Balaban J connectivity index is 1.98. The Bertz CT molecular complexity index is 355. The molecule has 2 rings (SSSR count). The van der Waals surface area contributed by atoms with Gasteiger partial charge in [0.05, 0.1) is 6.07 Å².